The molecule has 1 aliphatic rings. The Morgan fingerprint density at radius 1 is 1.27 bits per heavy atom. The maximum Gasteiger partial charge on any atom is 0.254 e. The van der Waals surface area contributed by atoms with Crippen LogP contribution in [0.4, 0.5) is 0 Å². The Morgan fingerprint density at radius 3 is 2.41 bits per heavy atom. The second-order valence-corrected chi connectivity index (χ2v) is 7.28. The number of tetrazole rings is 1. The lowest BCUT2D eigenvalue weighted by Crippen LogP contribution is -2.69. The third-order valence-electron chi connectivity index (χ3n) is 3.46. The average molecular weight is 363 g/mol. The van der Waals surface area contributed by atoms with Crippen LogP contribution in [0.1, 0.15) is 10.4 Å². The number of amides is 1. The Bertz CT molecular complexity index is 678. The number of carbonyl (C=O) groups is 1. The number of likely N-dealkylation sites (tertiary alicyclic amines) is 1. The van der Waals surface area contributed by atoms with Crippen LogP contribution in [-0.4, -0.2) is 59.0 Å². The molecule has 1 saturated heterocycles. The first-order chi connectivity index (χ1) is 10.3. The molecule has 1 aliphatic heterocycles. The Kier molecular flexibility index (Phi) is 3.76. The third kappa shape index (κ3) is 2.65. The summed E-state index contributed by atoms with van der Waals surface area (Å²) in [7, 11) is 0. The highest BCUT2D eigenvalue weighted by Gasteiger charge is 2.56. The number of hydrogen-bond acceptors (Lipinski definition) is 5. The lowest BCUT2D eigenvalue weighted by Gasteiger charge is -2.49. The fourth-order valence-electron chi connectivity index (χ4n) is 2.14. The van der Waals surface area contributed by atoms with Crippen molar-refractivity contribution in [3.8, 4) is 11.4 Å². The number of halogens is 3. The SMILES string of the molecule is O=C(c1ccc(-c2nn[nH]n2)cc1)N1CC(O)(C(Cl)(Cl)Cl)C1. The zero-order valence-corrected chi connectivity index (χ0v) is 13.3. The predicted molar refractivity (Wildman–Crippen MR) is 80.8 cm³/mol. The van der Waals surface area contributed by atoms with E-state index in [1.165, 1.54) is 4.90 Å². The van der Waals surface area contributed by atoms with Gasteiger partial charge in [-0.1, -0.05) is 46.9 Å². The van der Waals surface area contributed by atoms with Crippen molar-refractivity contribution in [2.24, 2.45) is 0 Å². The van der Waals surface area contributed by atoms with Crippen molar-refractivity contribution in [1.82, 2.24) is 25.5 Å². The molecule has 0 unspecified atom stereocenters. The van der Waals surface area contributed by atoms with Gasteiger partial charge in [0.25, 0.3) is 5.91 Å². The summed E-state index contributed by atoms with van der Waals surface area (Å²) < 4.78 is -1.83. The summed E-state index contributed by atoms with van der Waals surface area (Å²) in [4.78, 5) is 13.7. The molecule has 2 aromatic rings. The second-order valence-electron chi connectivity index (χ2n) is 5.00. The van der Waals surface area contributed by atoms with Crippen LogP contribution in [-0.2, 0) is 0 Å². The molecule has 1 amide bonds. The number of rotatable bonds is 2. The maximum absolute atomic E-state index is 12.3. The first-order valence-electron chi connectivity index (χ1n) is 6.22. The molecule has 2 heterocycles. The van der Waals surface area contributed by atoms with Gasteiger partial charge in [0.15, 0.2) is 0 Å². The van der Waals surface area contributed by atoms with Crippen LogP contribution in [0, 0.1) is 0 Å². The molecule has 116 valence electrons. The number of benzene rings is 1. The van der Waals surface area contributed by atoms with Crippen molar-refractivity contribution in [1.29, 1.82) is 0 Å². The number of H-pyrrole nitrogens is 1. The lowest BCUT2D eigenvalue weighted by atomic mass is 9.94. The molecule has 2 N–H and O–H groups in total. The second kappa shape index (κ2) is 5.34. The fraction of sp³-hybridized carbons (Fsp3) is 0.333. The maximum atomic E-state index is 12.3. The third-order valence-corrected chi connectivity index (χ3v) is 4.51. The van der Waals surface area contributed by atoms with Gasteiger partial charge in [0.2, 0.25) is 9.62 Å². The minimum absolute atomic E-state index is 0.0328. The van der Waals surface area contributed by atoms with Gasteiger partial charge in [-0.15, -0.1) is 10.2 Å². The highest BCUT2D eigenvalue weighted by Crippen LogP contribution is 2.43. The van der Waals surface area contributed by atoms with Gasteiger partial charge in [-0.05, 0) is 17.3 Å². The smallest absolute Gasteiger partial charge is 0.254 e. The van der Waals surface area contributed by atoms with Crippen LogP contribution in [0.25, 0.3) is 11.4 Å². The van der Waals surface area contributed by atoms with Crippen molar-refractivity contribution in [3.63, 3.8) is 0 Å². The first kappa shape index (κ1) is 15.5. The molecule has 1 aromatic heterocycles. The van der Waals surface area contributed by atoms with E-state index >= 15 is 0 Å². The minimum Gasteiger partial charge on any atom is -0.382 e. The highest BCUT2D eigenvalue weighted by molar-refractivity contribution is 6.68. The van der Waals surface area contributed by atoms with Crippen molar-refractivity contribution < 1.29 is 9.90 Å². The van der Waals surface area contributed by atoms with Crippen LogP contribution in [0.5, 0.6) is 0 Å². The van der Waals surface area contributed by atoms with E-state index in [4.69, 9.17) is 34.8 Å². The molecular formula is C12H10Cl3N5O2. The molecule has 0 aliphatic carbocycles. The van der Waals surface area contributed by atoms with Crippen molar-refractivity contribution >= 4 is 40.7 Å². The molecule has 0 radical (unpaired) electrons. The number of aromatic amines is 1. The summed E-state index contributed by atoms with van der Waals surface area (Å²) in [5.74, 6) is 0.187. The molecule has 3 rings (SSSR count). The largest absolute Gasteiger partial charge is 0.382 e. The summed E-state index contributed by atoms with van der Waals surface area (Å²) >= 11 is 17.1. The summed E-state index contributed by atoms with van der Waals surface area (Å²) in [5.41, 5.74) is -0.330. The van der Waals surface area contributed by atoms with E-state index in [1.807, 2.05) is 0 Å². The number of aliphatic hydroxyl groups is 1. The van der Waals surface area contributed by atoms with Crippen LogP contribution >= 0.6 is 34.8 Å². The van der Waals surface area contributed by atoms with E-state index in [-0.39, 0.29) is 19.0 Å². The predicted octanol–water partition coefficient (Wildman–Crippen LogP) is 1.42. The lowest BCUT2D eigenvalue weighted by molar-refractivity contribution is -0.0776. The van der Waals surface area contributed by atoms with E-state index in [0.717, 1.165) is 5.56 Å². The van der Waals surface area contributed by atoms with Gasteiger partial charge in [0.1, 0.15) is 5.60 Å². The molecule has 1 fully saturated rings. The van der Waals surface area contributed by atoms with E-state index in [0.29, 0.717) is 11.4 Å². The van der Waals surface area contributed by atoms with Gasteiger partial charge in [0, 0.05) is 11.1 Å². The van der Waals surface area contributed by atoms with Crippen molar-refractivity contribution in [2.75, 3.05) is 13.1 Å². The van der Waals surface area contributed by atoms with E-state index in [1.54, 1.807) is 24.3 Å². The summed E-state index contributed by atoms with van der Waals surface area (Å²) in [6, 6.07) is 6.69. The minimum atomic E-state index is -1.83. The molecule has 10 heteroatoms. The monoisotopic (exact) mass is 361 g/mol. The summed E-state index contributed by atoms with van der Waals surface area (Å²) in [6.07, 6.45) is 0. The Morgan fingerprint density at radius 2 is 1.91 bits per heavy atom. The Labute approximate surface area is 140 Å². The number of nitrogens with one attached hydrogen (secondary N) is 1. The van der Waals surface area contributed by atoms with Crippen molar-refractivity contribution in [2.45, 2.75) is 9.39 Å². The van der Waals surface area contributed by atoms with E-state index in [9.17, 15) is 9.90 Å². The van der Waals surface area contributed by atoms with Crippen molar-refractivity contribution in [3.05, 3.63) is 29.8 Å². The number of hydrogen-bond donors (Lipinski definition) is 2. The van der Waals surface area contributed by atoms with Gasteiger partial charge >= 0.3 is 0 Å². The highest BCUT2D eigenvalue weighted by atomic mass is 35.6. The zero-order valence-electron chi connectivity index (χ0n) is 11.0. The molecule has 1 aromatic carbocycles. The number of β-amino-alcohol motifs (C(OH)–C–C–N with tert-alkyl or cyclic N) is 1. The molecule has 0 atom stereocenters. The van der Waals surface area contributed by atoms with Crippen LogP contribution in [0.3, 0.4) is 0 Å². The van der Waals surface area contributed by atoms with Gasteiger partial charge < -0.3 is 10.0 Å². The molecule has 0 spiro atoms. The molecular weight excluding hydrogens is 353 g/mol. The summed E-state index contributed by atoms with van der Waals surface area (Å²) in [6.45, 7) is -0.0656. The van der Waals surface area contributed by atoms with Crippen LogP contribution in [0.2, 0.25) is 0 Å². The topological polar surface area (TPSA) is 95.0 Å². The number of aromatic nitrogens is 4. The van der Waals surface area contributed by atoms with Gasteiger partial charge in [-0.3, -0.25) is 4.79 Å². The molecule has 0 bridgehead atoms. The molecule has 0 saturated carbocycles. The normalized spacial score (nSPS) is 17.2. The van der Waals surface area contributed by atoms with E-state index < -0.39 is 9.39 Å². The fourth-order valence-corrected chi connectivity index (χ4v) is 2.50. The van der Waals surface area contributed by atoms with Gasteiger partial charge in [0.05, 0.1) is 13.1 Å². The van der Waals surface area contributed by atoms with Gasteiger partial charge in [-0.25, -0.2) is 0 Å². The van der Waals surface area contributed by atoms with Crippen LogP contribution in [0.15, 0.2) is 24.3 Å². The van der Waals surface area contributed by atoms with E-state index in [2.05, 4.69) is 20.6 Å². The van der Waals surface area contributed by atoms with Gasteiger partial charge in [-0.2, -0.15) is 5.21 Å². The van der Waals surface area contributed by atoms with Crippen LogP contribution < -0.4 is 0 Å². The quantitative estimate of drug-likeness (QED) is 0.788. The first-order valence-corrected chi connectivity index (χ1v) is 7.36. The number of alkyl halides is 3. The zero-order chi connectivity index (χ0) is 16.0. The molecule has 22 heavy (non-hydrogen) atoms. The number of carbonyl (C=O) groups excluding carboxylic acids is 1. The summed E-state index contributed by atoms with van der Waals surface area (Å²) in [5, 5.41) is 23.6. The Hall–Kier alpha value is -1.41. The Balaban J connectivity index is 1.70. The number of nitrogens with zero attached hydrogens (tertiary/aromatic N) is 4. The average Bonchev–Trinajstić information content (AvgIpc) is 2.96. The molecule has 7 nitrogen and oxygen atoms in total. The standard InChI is InChI=1S/C12H10Cl3N5O2/c13-12(14,15)11(22)5-20(6-11)10(21)8-3-1-7(2-4-8)9-16-18-19-17-9/h1-4,22H,5-6H2,(H,16,17,18,19).